The van der Waals surface area contributed by atoms with Gasteiger partial charge in [0.25, 0.3) is 0 Å². The average Bonchev–Trinajstić information content (AvgIpc) is 2.33. The topological polar surface area (TPSA) is 65.2 Å². The van der Waals surface area contributed by atoms with E-state index in [1.807, 2.05) is 0 Å². The Kier molecular flexibility index (Phi) is 3.39. The van der Waals surface area contributed by atoms with Gasteiger partial charge in [-0.3, -0.25) is 0 Å². The Balaban J connectivity index is 2.11. The summed E-state index contributed by atoms with van der Waals surface area (Å²) in [4.78, 5) is 15.5. The summed E-state index contributed by atoms with van der Waals surface area (Å²) < 4.78 is 6.08. The van der Waals surface area contributed by atoms with E-state index >= 15 is 0 Å². The van der Waals surface area contributed by atoms with Crippen molar-refractivity contribution in [3.8, 4) is 5.75 Å². The van der Waals surface area contributed by atoms with Crippen molar-refractivity contribution in [1.29, 1.82) is 0 Å². The van der Waals surface area contributed by atoms with E-state index in [1.54, 1.807) is 36.4 Å². The van der Waals surface area contributed by atoms with Gasteiger partial charge in [0.1, 0.15) is 11.6 Å². The van der Waals surface area contributed by atoms with Crippen molar-refractivity contribution in [2.24, 2.45) is 0 Å². The number of aromatic nitrogens is 1. The molecule has 0 radical (unpaired) electrons. The van der Waals surface area contributed by atoms with E-state index in [2.05, 4.69) is 20.9 Å². The van der Waals surface area contributed by atoms with Crippen molar-refractivity contribution >= 4 is 27.7 Å². The fourth-order valence-electron chi connectivity index (χ4n) is 1.19. The van der Waals surface area contributed by atoms with E-state index in [1.165, 1.54) is 6.20 Å². The fourth-order valence-corrected chi connectivity index (χ4v) is 1.46. The molecule has 0 saturated heterocycles. The number of rotatable bonds is 2. The van der Waals surface area contributed by atoms with Gasteiger partial charge in [0.15, 0.2) is 0 Å². The zero-order valence-corrected chi connectivity index (χ0v) is 10.3. The van der Waals surface area contributed by atoms with Crippen LogP contribution in [-0.4, -0.2) is 11.0 Å². The van der Waals surface area contributed by atoms with Gasteiger partial charge in [0.2, 0.25) is 0 Å². The third-order valence-corrected chi connectivity index (χ3v) is 2.57. The molecule has 0 saturated carbocycles. The number of nitrogens with zero attached hydrogens (tertiary/aromatic N) is 1. The molecule has 1 aromatic heterocycles. The monoisotopic (exact) mass is 292 g/mol. The minimum Gasteiger partial charge on any atom is -0.423 e. The van der Waals surface area contributed by atoms with Crippen LogP contribution in [0.1, 0.15) is 10.4 Å². The molecule has 0 fully saturated rings. The lowest BCUT2D eigenvalue weighted by Gasteiger charge is -2.04. The van der Waals surface area contributed by atoms with E-state index < -0.39 is 5.97 Å². The first kappa shape index (κ1) is 11.6. The molecule has 0 aliphatic rings. The summed E-state index contributed by atoms with van der Waals surface area (Å²) in [6.07, 6.45) is 1.39. The molecule has 0 aliphatic heterocycles. The molecule has 0 aliphatic carbocycles. The van der Waals surface area contributed by atoms with Crippen LogP contribution in [0.3, 0.4) is 0 Å². The van der Waals surface area contributed by atoms with Crippen molar-refractivity contribution in [2.75, 3.05) is 5.73 Å². The van der Waals surface area contributed by atoms with E-state index in [9.17, 15) is 4.79 Å². The van der Waals surface area contributed by atoms with Crippen LogP contribution < -0.4 is 10.5 Å². The Hall–Kier alpha value is -1.88. The highest BCUT2D eigenvalue weighted by Crippen LogP contribution is 2.17. The average molecular weight is 293 g/mol. The third kappa shape index (κ3) is 3.04. The smallest absolute Gasteiger partial charge is 0.345 e. The molecule has 0 unspecified atom stereocenters. The minimum absolute atomic E-state index is 0.363. The molecule has 2 aromatic rings. The van der Waals surface area contributed by atoms with E-state index in [0.29, 0.717) is 17.1 Å². The predicted molar refractivity (Wildman–Crippen MR) is 67.7 cm³/mol. The van der Waals surface area contributed by atoms with Gasteiger partial charge in [-0.1, -0.05) is 15.9 Å². The van der Waals surface area contributed by atoms with Crippen LogP contribution in [0.4, 0.5) is 5.82 Å². The number of hydrogen-bond donors (Lipinski definition) is 1. The second-order valence-electron chi connectivity index (χ2n) is 3.32. The molecule has 0 bridgehead atoms. The number of nitrogens with two attached hydrogens (primary N) is 1. The van der Waals surface area contributed by atoms with Crippen molar-refractivity contribution in [3.63, 3.8) is 0 Å². The largest absolute Gasteiger partial charge is 0.423 e. The first-order valence-corrected chi connectivity index (χ1v) is 5.64. The van der Waals surface area contributed by atoms with Gasteiger partial charge in [-0.2, -0.15) is 0 Å². The highest BCUT2D eigenvalue weighted by molar-refractivity contribution is 9.10. The molecule has 1 heterocycles. The molecule has 4 nitrogen and oxygen atoms in total. The van der Waals surface area contributed by atoms with Crippen LogP contribution >= 0.6 is 15.9 Å². The van der Waals surface area contributed by atoms with Gasteiger partial charge in [-0.05, 0) is 36.4 Å². The normalized spacial score (nSPS) is 9.94. The van der Waals surface area contributed by atoms with E-state index in [-0.39, 0.29) is 0 Å². The van der Waals surface area contributed by atoms with E-state index in [4.69, 9.17) is 10.5 Å². The molecule has 86 valence electrons. The van der Waals surface area contributed by atoms with Crippen LogP contribution in [0, 0.1) is 0 Å². The lowest BCUT2D eigenvalue weighted by Crippen LogP contribution is -2.09. The fraction of sp³-hybridized carbons (Fsp3) is 0. The molecule has 17 heavy (non-hydrogen) atoms. The summed E-state index contributed by atoms with van der Waals surface area (Å²) in [7, 11) is 0. The highest BCUT2D eigenvalue weighted by Gasteiger charge is 2.08. The number of carbonyl (C=O) groups excluding carboxylic acids is 1. The van der Waals surface area contributed by atoms with Gasteiger partial charge >= 0.3 is 5.97 Å². The van der Waals surface area contributed by atoms with Crippen molar-refractivity contribution in [3.05, 3.63) is 52.6 Å². The molecule has 0 amide bonds. The van der Waals surface area contributed by atoms with Crippen LogP contribution in [0.5, 0.6) is 5.75 Å². The Morgan fingerprint density at radius 2 is 1.88 bits per heavy atom. The standard InChI is InChI=1S/C12H9BrN2O2/c13-9-2-4-10(5-3-9)17-12(16)8-1-6-11(14)15-7-8/h1-7H,(H2,14,15). The maximum atomic E-state index is 11.7. The Labute approximate surface area is 107 Å². The lowest BCUT2D eigenvalue weighted by atomic mass is 10.3. The molecule has 0 atom stereocenters. The maximum Gasteiger partial charge on any atom is 0.345 e. The lowest BCUT2D eigenvalue weighted by molar-refractivity contribution is 0.0734. The van der Waals surface area contributed by atoms with Crippen LogP contribution in [0.2, 0.25) is 0 Å². The van der Waals surface area contributed by atoms with Gasteiger partial charge in [0, 0.05) is 10.7 Å². The molecule has 5 heteroatoms. The SMILES string of the molecule is Nc1ccc(C(=O)Oc2ccc(Br)cc2)cn1. The maximum absolute atomic E-state index is 11.7. The van der Waals surface area contributed by atoms with Gasteiger partial charge < -0.3 is 10.5 Å². The number of anilines is 1. The van der Waals surface area contributed by atoms with Crippen LogP contribution in [0.25, 0.3) is 0 Å². The molecular weight excluding hydrogens is 284 g/mol. The molecule has 2 rings (SSSR count). The van der Waals surface area contributed by atoms with E-state index in [0.717, 1.165) is 4.47 Å². The minimum atomic E-state index is -0.458. The van der Waals surface area contributed by atoms with Gasteiger partial charge in [-0.25, -0.2) is 9.78 Å². The summed E-state index contributed by atoms with van der Waals surface area (Å²) in [5.41, 5.74) is 5.79. The summed E-state index contributed by atoms with van der Waals surface area (Å²) in [6, 6.07) is 10.1. The van der Waals surface area contributed by atoms with Crippen molar-refractivity contribution < 1.29 is 9.53 Å². The quantitative estimate of drug-likeness (QED) is 0.683. The summed E-state index contributed by atoms with van der Waals surface area (Å²) in [5, 5.41) is 0. The second kappa shape index (κ2) is 4.97. The third-order valence-electron chi connectivity index (χ3n) is 2.05. The van der Waals surface area contributed by atoms with Crippen molar-refractivity contribution in [1.82, 2.24) is 4.98 Å². The first-order valence-electron chi connectivity index (χ1n) is 4.84. The highest BCUT2D eigenvalue weighted by atomic mass is 79.9. The number of benzene rings is 1. The van der Waals surface area contributed by atoms with Crippen LogP contribution in [-0.2, 0) is 0 Å². The summed E-state index contributed by atoms with van der Waals surface area (Å²) >= 11 is 3.30. The first-order chi connectivity index (χ1) is 8.15. The number of carbonyl (C=O) groups is 1. The Morgan fingerprint density at radius 1 is 1.18 bits per heavy atom. The van der Waals surface area contributed by atoms with Gasteiger partial charge in [-0.15, -0.1) is 0 Å². The number of halogens is 1. The number of esters is 1. The van der Waals surface area contributed by atoms with Gasteiger partial charge in [0.05, 0.1) is 5.56 Å². The zero-order chi connectivity index (χ0) is 12.3. The molecular formula is C12H9BrN2O2. The zero-order valence-electron chi connectivity index (χ0n) is 8.76. The number of ether oxygens (including phenoxy) is 1. The van der Waals surface area contributed by atoms with Crippen LogP contribution in [0.15, 0.2) is 47.1 Å². The summed E-state index contributed by atoms with van der Waals surface area (Å²) in [5.74, 6) is 0.389. The summed E-state index contributed by atoms with van der Waals surface area (Å²) in [6.45, 7) is 0. The predicted octanol–water partition coefficient (Wildman–Crippen LogP) is 2.65. The number of hydrogen-bond acceptors (Lipinski definition) is 4. The molecule has 1 aromatic carbocycles. The molecule has 0 spiro atoms. The van der Waals surface area contributed by atoms with Crippen molar-refractivity contribution in [2.45, 2.75) is 0 Å². The Morgan fingerprint density at radius 3 is 2.47 bits per heavy atom. The number of nitrogen functional groups attached to an aromatic ring is 1. The second-order valence-corrected chi connectivity index (χ2v) is 4.23. The molecule has 2 N–H and O–H groups in total. The number of pyridine rings is 1. The Bertz CT molecular complexity index is 523.